The normalized spacial score (nSPS) is 24.0. The SMILES string of the molecule is OCC1CC(n2cc(-n3ccc4ccccc43)c(C3CC3)n2)C1. The molecule has 5 rings (SSSR count). The lowest BCUT2D eigenvalue weighted by Crippen LogP contribution is -2.29. The van der Waals surface area contributed by atoms with Crippen LogP contribution in [0, 0.1) is 5.92 Å². The molecule has 118 valence electrons. The summed E-state index contributed by atoms with van der Waals surface area (Å²) < 4.78 is 4.44. The molecule has 0 aliphatic heterocycles. The minimum Gasteiger partial charge on any atom is -0.396 e. The molecular weight excluding hydrogens is 286 g/mol. The van der Waals surface area contributed by atoms with Gasteiger partial charge in [-0.1, -0.05) is 18.2 Å². The van der Waals surface area contributed by atoms with Crippen molar-refractivity contribution in [2.45, 2.75) is 37.6 Å². The molecule has 0 unspecified atom stereocenters. The van der Waals surface area contributed by atoms with E-state index < -0.39 is 0 Å². The first-order chi connectivity index (χ1) is 11.3. The molecule has 2 aromatic heterocycles. The van der Waals surface area contributed by atoms with E-state index in [2.05, 4.69) is 52.0 Å². The van der Waals surface area contributed by atoms with Gasteiger partial charge < -0.3 is 9.67 Å². The minimum absolute atomic E-state index is 0.308. The molecule has 0 spiro atoms. The maximum Gasteiger partial charge on any atom is 0.0895 e. The molecule has 3 aromatic rings. The summed E-state index contributed by atoms with van der Waals surface area (Å²) in [6.45, 7) is 0.308. The van der Waals surface area contributed by atoms with Crippen molar-refractivity contribution in [3.63, 3.8) is 0 Å². The van der Waals surface area contributed by atoms with Crippen molar-refractivity contribution in [2.75, 3.05) is 6.61 Å². The van der Waals surface area contributed by atoms with Crippen LogP contribution in [-0.2, 0) is 0 Å². The molecule has 2 aliphatic rings. The number of hydrogen-bond donors (Lipinski definition) is 1. The molecule has 4 nitrogen and oxygen atoms in total. The maximum atomic E-state index is 9.24. The topological polar surface area (TPSA) is 43.0 Å². The predicted molar refractivity (Wildman–Crippen MR) is 89.9 cm³/mol. The summed E-state index contributed by atoms with van der Waals surface area (Å²) in [6, 6.07) is 11.1. The lowest BCUT2D eigenvalue weighted by Gasteiger charge is -2.34. The molecule has 0 atom stereocenters. The molecule has 4 heteroatoms. The van der Waals surface area contributed by atoms with Crippen molar-refractivity contribution in [3.05, 3.63) is 48.4 Å². The number of aliphatic hydroxyl groups excluding tert-OH is 1. The predicted octanol–water partition coefficient (Wildman–Crippen LogP) is 3.65. The van der Waals surface area contributed by atoms with Gasteiger partial charge in [0.25, 0.3) is 0 Å². The van der Waals surface area contributed by atoms with Crippen LogP contribution in [0.2, 0.25) is 0 Å². The first-order valence-corrected chi connectivity index (χ1v) is 8.60. The molecule has 0 radical (unpaired) electrons. The highest BCUT2D eigenvalue weighted by Crippen LogP contribution is 2.44. The number of fused-ring (bicyclic) bond motifs is 1. The Bertz CT molecular complexity index is 853. The highest BCUT2D eigenvalue weighted by Gasteiger charge is 2.34. The average molecular weight is 307 g/mol. The van der Waals surface area contributed by atoms with Gasteiger partial charge in [-0.15, -0.1) is 0 Å². The zero-order valence-electron chi connectivity index (χ0n) is 13.1. The van der Waals surface area contributed by atoms with Gasteiger partial charge in [-0.2, -0.15) is 5.10 Å². The summed E-state index contributed by atoms with van der Waals surface area (Å²) in [5.74, 6) is 1.09. The van der Waals surface area contributed by atoms with E-state index in [1.807, 2.05) is 0 Å². The van der Waals surface area contributed by atoms with E-state index in [1.54, 1.807) is 0 Å². The zero-order valence-corrected chi connectivity index (χ0v) is 13.1. The van der Waals surface area contributed by atoms with Crippen molar-refractivity contribution in [1.82, 2.24) is 14.3 Å². The third-order valence-corrected chi connectivity index (χ3v) is 5.41. The fraction of sp³-hybridized carbons (Fsp3) is 0.421. The summed E-state index contributed by atoms with van der Waals surface area (Å²) >= 11 is 0. The monoisotopic (exact) mass is 307 g/mol. The summed E-state index contributed by atoms with van der Waals surface area (Å²) in [6.07, 6.45) is 9.00. The van der Waals surface area contributed by atoms with Crippen molar-refractivity contribution >= 4 is 10.9 Å². The Morgan fingerprint density at radius 3 is 2.74 bits per heavy atom. The van der Waals surface area contributed by atoms with Crippen LogP contribution in [0.15, 0.2) is 42.7 Å². The van der Waals surface area contributed by atoms with Gasteiger partial charge in [0, 0.05) is 24.9 Å². The molecule has 23 heavy (non-hydrogen) atoms. The summed E-state index contributed by atoms with van der Waals surface area (Å²) in [7, 11) is 0. The maximum absolute atomic E-state index is 9.24. The molecular formula is C19H21N3O. The lowest BCUT2D eigenvalue weighted by molar-refractivity contribution is 0.105. The third-order valence-electron chi connectivity index (χ3n) is 5.41. The van der Waals surface area contributed by atoms with Crippen molar-refractivity contribution in [3.8, 4) is 5.69 Å². The van der Waals surface area contributed by atoms with E-state index in [1.165, 1.54) is 35.1 Å². The van der Waals surface area contributed by atoms with Crippen LogP contribution in [0.25, 0.3) is 16.6 Å². The van der Waals surface area contributed by atoms with E-state index in [4.69, 9.17) is 5.10 Å². The number of aromatic nitrogens is 3. The van der Waals surface area contributed by atoms with Crippen LogP contribution in [0.3, 0.4) is 0 Å². The zero-order chi connectivity index (χ0) is 15.4. The van der Waals surface area contributed by atoms with E-state index in [9.17, 15) is 5.11 Å². The van der Waals surface area contributed by atoms with Crippen molar-refractivity contribution < 1.29 is 5.11 Å². The Balaban J connectivity index is 1.58. The highest BCUT2D eigenvalue weighted by atomic mass is 16.3. The van der Waals surface area contributed by atoms with Crippen LogP contribution in [-0.4, -0.2) is 26.1 Å². The van der Waals surface area contributed by atoms with Crippen LogP contribution in [0.4, 0.5) is 0 Å². The largest absolute Gasteiger partial charge is 0.396 e. The molecule has 1 aromatic carbocycles. The molecule has 0 saturated heterocycles. The molecule has 2 aliphatic carbocycles. The number of rotatable bonds is 4. The Kier molecular flexibility index (Phi) is 2.89. The second kappa shape index (κ2) is 4.96. The average Bonchev–Trinajstić information content (AvgIpc) is 3.15. The van der Waals surface area contributed by atoms with E-state index >= 15 is 0 Å². The Morgan fingerprint density at radius 1 is 1.13 bits per heavy atom. The van der Waals surface area contributed by atoms with Gasteiger partial charge in [0.2, 0.25) is 0 Å². The Labute approximate surface area is 135 Å². The van der Waals surface area contributed by atoms with Crippen LogP contribution >= 0.6 is 0 Å². The second-order valence-corrected chi connectivity index (χ2v) is 7.07. The first kappa shape index (κ1) is 13.4. The van der Waals surface area contributed by atoms with E-state index in [0.717, 1.165) is 12.8 Å². The smallest absolute Gasteiger partial charge is 0.0895 e. The first-order valence-electron chi connectivity index (χ1n) is 8.60. The van der Waals surface area contributed by atoms with Crippen molar-refractivity contribution in [2.24, 2.45) is 5.92 Å². The fourth-order valence-corrected chi connectivity index (χ4v) is 3.77. The molecule has 2 fully saturated rings. The van der Waals surface area contributed by atoms with Gasteiger partial charge in [-0.3, -0.25) is 4.68 Å². The van der Waals surface area contributed by atoms with Gasteiger partial charge >= 0.3 is 0 Å². The van der Waals surface area contributed by atoms with Crippen LogP contribution in [0.5, 0.6) is 0 Å². The van der Waals surface area contributed by atoms with Gasteiger partial charge in [0.05, 0.1) is 22.9 Å². The number of nitrogens with zero attached hydrogens (tertiary/aromatic N) is 3. The molecule has 0 bridgehead atoms. The number of para-hydroxylation sites is 1. The van der Waals surface area contributed by atoms with Gasteiger partial charge in [-0.05, 0) is 49.1 Å². The van der Waals surface area contributed by atoms with Gasteiger partial charge in [0.15, 0.2) is 0 Å². The molecule has 2 saturated carbocycles. The molecule has 1 N–H and O–H groups in total. The Morgan fingerprint density at radius 2 is 1.96 bits per heavy atom. The van der Waals surface area contributed by atoms with Gasteiger partial charge in [-0.25, -0.2) is 0 Å². The standard InChI is InChI=1S/C19H21N3O/c23-12-13-9-16(10-13)22-11-18(19(20-22)15-5-6-15)21-8-7-14-3-1-2-4-17(14)21/h1-4,7-8,11,13,15-16,23H,5-6,9-10,12H2. The fourth-order valence-electron chi connectivity index (χ4n) is 3.77. The summed E-state index contributed by atoms with van der Waals surface area (Å²) in [5.41, 5.74) is 3.73. The minimum atomic E-state index is 0.308. The highest BCUT2D eigenvalue weighted by molar-refractivity contribution is 5.82. The number of benzene rings is 1. The Hall–Kier alpha value is -2.07. The van der Waals surface area contributed by atoms with E-state index in [0.29, 0.717) is 24.5 Å². The van der Waals surface area contributed by atoms with E-state index in [-0.39, 0.29) is 0 Å². The quantitative estimate of drug-likeness (QED) is 0.799. The third kappa shape index (κ3) is 2.12. The number of hydrogen-bond acceptors (Lipinski definition) is 2. The lowest BCUT2D eigenvalue weighted by atomic mass is 9.81. The number of aliphatic hydroxyl groups is 1. The summed E-state index contributed by atoms with van der Waals surface area (Å²) in [5, 5.41) is 15.5. The second-order valence-electron chi connectivity index (χ2n) is 7.07. The van der Waals surface area contributed by atoms with Crippen molar-refractivity contribution in [1.29, 1.82) is 0 Å². The molecule has 0 amide bonds. The van der Waals surface area contributed by atoms with Crippen LogP contribution in [0.1, 0.15) is 43.3 Å². The van der Waals surface area contributed by atoms with Gasteiger partial charge in [0.1, 0.15) is 0 Å². The van der Waals surface area contributed by atoms with Crippen LogP contribution < -0.4 is 0 Å². The summed E-state index contributed by atoms with van der Waals surface area (Å²) in [4.78, 5) is 0. The molecule has 2 heterocycles.